The van der Waals surface area contributed by atoms with Gasteiger partial charge in [0.2, 0.25) is 0 Å². The van der Waals surface area contributed by atoms with Crippen molar-refractivity contribution in [2.45, 2.75) is 32.2 Å². The zero-order valence-corrected chi connectivity index (χ0v) is 10.0. The van der Waals surface area contributed by atoms with Crippen LogP contribution >= 0.6 is 0 Å². The number of hydrogen-bond donors (Lipinski definition) is 1. The zero-order valence-electron chi connectivity index (χ0n) is 10.0. The summed E-state index contributed by atoms with van der Waals surface area (Å²) in [4.78, 5) is 5.29. The Bertz CT molecular complexity index is 178. The van der Waals surface area contributed by atoms with Crippen LogP contribution in [0.15, 0.2) is 0 Å². The first-order valence-electron chi connectivity index (χ1n) is 6.57. The molecule has 0 spiro atoms. The van der Waals surface area contributed by atoms with Crippen LogP contribution in [0, 0.1) is 0 Å². The molecule has 0 aliphatic carbocycles. The second kappa shape index (κ2) is 5.83. The van der Waals surface area contributed by atoms with E-state index in [9.17, 15) is 0 Å². The Kier molecular flexibility index (Phi) is 4.42. The van der Waals surface area contributed by atoms with Crippen molar-refractivity contribution in [1.82, 2.24) is 15.1 Å². The smallest absolute Gasteiger partial charge is 0.0348 e. The lowest BCUT2D eigenvalue weighted by molar-refractivity contribution is 0.109. The number of likely N-dealkylation sites (tertiary alicyclic amines) is 1. The minimum absolute atomic E-state index is 0.752. The molecule has 3 nitrogen and oxygen atoms in total. The van der Waals surface area contributed by atoms with E-state index in [1.54, 1.807) is 0 Å². The molecule has 0 radical (unpaired) electrons. The van der Waals surface area contributed by atoms with Crippen molar-refractivity contribution in [3.63, 3.8) is 0 Å². The van der Waals surface area contributed by atoms with E-state index in [1.165, 1.54) is 65.1 Å². The third kappa shape index (κ3) is 3.16. The van der Waals surface area contributed by atoms with Crippen LogP contribution in [0.3, 0.4) is 0 Å². The number of nitrogens with zero attached hydrogens (tertiary/aromatic N) is 2. The molecule has 1 N–H and O–H groups in total. The highest BCUT2D eigenvalue weighted by Gasteiger charge is 2.23. The van der Waals surface area contributed by atoms with Crippen molar-refractivity contribution in [2.24, 2.45) is 0 Å². The van der Waals surface area contributed by atoms with Crippen LogP contribution in [0.25, 0.3) is 0 Å². The summed E-state index contributed by atoms with van der Waals surface area (Å²) in [6.45, 7) is 11.0. The Morgan fingerprint density at radius 1 is 1.13 bits per heavy atom. The summed E-state index contributed by atoms with van der Waals surface area (Å²) in [6, 6.07) is 0.752. The molecule has 1 atom stereocenters. The molecular formula is C12H25N3. The Morgan fingerprint density at radius 3 is 2.67 bits per heavy atom. The monoisotopic (exact) mass is 211 g/mol. The molecule has 0 bridgehead atoms. The molecule has 0 amide bonds. The summed E-state index contributed by atoms with van der Waals surface area (Å²) in [5, 5.41) is 3.52. The number of hydrogen-bond acceptors (Lipinski definition) is 3. The largest absolute Gasteiger partial charge is 0.314 e. The van der Waals surface area contributed by atoms with Crippen LogP contribution < -0.4 is 5.32 Å². The number of piperidine rings is 1. The quantitative estimate of drug-likeness (QED) is 0.744. The summed E-state index contributed by atoms with van der Waals surface area (Å²) in [5.41, 5.74) is 0. The van der Waals surface area contributed by atoms with Gasteiger partial charge in [-0.15, -0.1) is 0 Å². The molecule has 1 unspecified atom stereocenters. The molecule has 2 heterocycles. The second-order valence-corrected chi connectivity index (χ2v) is 4.85. The van der Waals surface area contributed by atoms with Gasteiger partial charge < -0.3 is 10.2 Å². The predicted octanol–water partition coefficient (Wildman–Crippen LogP) is 0.766. The van der Waals surface area contributed by atoms with Crippen molar-refractivity contribution in [1.29, 1.82) is 0 Å². The maximum atomic E-state index is 3.52. The zero-order chi connectivity index (χ0) is 10.5. The average molecular weight is 211 g/mol. The van der Waals surface area contributed by atoms with Crippen LogP contribution in [-0.4, -0.2) is 61.7 Å². The molecule has 2 aliphatic heterocycles. The second-order valence-electron chi connectivity index (χ2n) is 4.85. The molecule has 2 saturated heterocycles. The number of piperazine rings is 1. The molecule has 15 heavy (non-hydrogen) atoms. The van der Waals surface area contributed by atoms with Crippen molar-refractivity contribution in [3.05, 3.63) is 0 Å². The van der Waals surface area contributed by atoms with Crippen LogP contribution in [0.5, 0.6) is 0 Å². The van der Waals surface area contributed by atoms with Crippen molar-refractivity contribution < 1.29 is 0 Å². The third-order valence-electron chi connectivity index (χ3n) is 3.80. The van der Waals surface area contributed by atoms with Gasteiger partial charge in [-0.3, -0.25) is 4.90 Å². The fraction of sp³-hybridized carbons (Fsp3) is 1.00. The van der Waals surface area contributed by atoms with Gasteiger partial charge in [-0.25, -0.2) is 0 Å². The van der Waals surface area contributed by atoms with Crippen molar-refractivity contribution in [3.8, 4) is 0 Å². The van der Waals surface area contributed by atoms with Gasteiger partial charge in [0, 0.05) is 32.2 Å². The minimum atomic E-state index is 0.752. The topological polar surface area (TPSA) is 18.5 Å². The summed E-state index contributed by atoms with van der Waals surface area (Å²) in [5.74, 6) is 0. The molecule has 88 valence electrons. The van der Waals surface area contributed by atoms with Crippen LogP contribution in [0.1, 0.15) is 26.2 Å². The van der Waals surface area contributed by atoms with Crippen molar-refractivity contribution >= 4 is 0 Å². The van der Waals surface area contributed by atoms with Gasteiger partial charge in [-0.2, -0.15) is 0 Å². The highest BCUT2D eigenvalue weighted by atomic mass is 15.3. The molecular weight excluding hydrogens is 186 g/mol. The average Bonchev–Trinajstić information content (AvgIpc) is 2.31. The predicted molar refractivity (Wildman–Crippen MR) is 64.2 cm³/mol. The molecule has 3 heteroatoms. The number of rotatable bonds is 3. The van der Waals surface area contributed by atoms with Gasteiger partial charge >= 0.3 is 0 Å². The van der Waals surface area contributed by atoms with Gasteiger partial charge in [-0.05, 0) is 32.5 Å². The fourth-order valence-electron chi connectivity index (χ4n) is 2.84. The summed E-state index contributed by atoms with van der Waals surface area (Å²) >= 11 is 0. The summed E-state index contributed by atoms with van der Waals surface area (Å²) < 4.78 is 0. The fourth-order valence-corrected chi connectivity index (χ4v) is 2.84. The minimum Gasteiger partial charge on any atom is -0.314 e. The van der Waals surface area contributed by atoms with E-state index in [1.807, 2.05) is 0 Å². The van der Waals surface area contributed by atoms with Crippen LogP contribution in [0.4, 0.5) is 0 Å². The molecule has 0 aromatic rings. The van der Waals surface area contributed by atoms with E-state index in [-0.39, 0.29) is 0 Å². The van der Waals surface area contributed by atoms with Gasteiger partial charge in [0.25, 0.3) is 0 Å². The van der Waals surface area contributed by atoms with E-state index in [0.29, 0.717) is 0 Å². The SMILES string of the molecule is CCN1CCNCC1CN1CCCCC1. The van der Waals surface area contributed by atoms with E-state index in [0.717, 1.165) is 6.04 Å². The van der Waals surface area contributed by atoms with E-state index < -0.39 is 0 Å². The molecule has 2 fully saturated rings. The lowest BCUT2D eigenvalue weighted by Gasteiger charge is -2.39. The first-order chi connectivity index (χ1) is 7.40. The molecule has 0 aromatic heterocycles. The third-order valence-corrected chi connectivity index (χ3v) is 3.80. The lowest BCUT2D eigenvalue weighted by atomic mass is 10.1. The van der Waals surface area contributed by atoms with E-state index >= 15 is 0 Å². The highest BCUT2D eigenvalue weighted by Crippen LogP contribution is 2.11. The molecule has 2 aliphatic rings. The van der Waals surface area contributed by atoms with Crippen molar-refractivity contribution in [2.75, 3.05) is 45.8 Å². The first-order valence-corrected chi connectivity index (χ1v) is 6.57. The maximum Gasteiger partial charge on any atom is 0.0348 e. The lowest BCUT2D eigenvalue weighted by Crippen LogP contribution is -2.55. The standard InChI is InChI=1S/C12H25N3/c1-2-15-9-6-13-10-12(15)11-14-7-4-3-5-8-14/h12-13H,2-11H2,1H3. The molecule has 0 saturated carbocycles. The Morgan fingerprint density at radius 2 is 1.93 bits per heavy atom. The van der Waals surface area contributed by atoms with Gasteiger partial charge in [0.05, 0.1) is 0 Å². The maximum absolute atomic E-state index is 3.52. The van der Waals surface area contributed by atoms with E-state index in [2.05, 4.69) is 22.0 Å². The number of nitrogens with one attached hydrogen (secondary N) is 1. The highest BCUT2D eigenvalue weighted by molar-refractivity contribution is 4.82. The Balaban J connectivity index is 1.79. The Hall–Kier alpha value is -0.120. The summed E-state index contributed by atoms with van der Waals surface area (Å²) in [6.07, 6.45) is 4.26. The first kappa shape index (κ1) is 11.4. The molecule has 0 aromatic carbocycles. The van der Waals surface area contributed by atoms with Crippen LogP contribution in [-0.2, 0) is 0 Å². The van der Waals surface area contributed by atoms with Gasteiger partial charge in [0.1, 0.15) is 0 Å². The van der Waals surface area contributed by atoms with Gasteiger partial charge in [-0.1, -0.05) is 13.3 Å². The van der Waals surface area contributed by atoms with Crippen LogP contribution in [0.2, 0.25) is 0 Å². The van der Waals surface area contributed by atoms with Gasteiger partial charge in [0.15, 0.2) is 0 Å². The number of likely N-dealkylation sites (N-methyl/N-ethyl adjacent to an activating group) is 1. The molecule has 2 rings (SSSR count). The van der Waals surface area contributed by atoms with E-state index in [4.69, 9.17) is 0 Å². The summed E-state index contributed by atoms with van der Waals surface area (Å²) in [7, 11) is 0. The normalized spacial score (nSPS) is 30.6. The Labute approximate surface area is 93.8 Å².